The number of nitrogens with one attached hydrogen (secondary N) is 1. The Balaban J connectivity index is 2.36. The number of para-hydroxylation sites is 1. The van der Waals surface area contributed by atoms with Crippen LogP contribution in [-0.4, -0.2) is 38.1 Å². The van der Waals surface area contributed by atoms with Gasteiger partial charge in [-0.1, -0.05) is 13.0 Å². The molecule has 0 radical (unpaired) electrons. The Kier molecular flexibility index (Phi) is 7.77. The van der Waals surface area contributed by atoms with Crippen LogP contribution < -0.4 is 15.8 Å². The van der Waals surface area contributed by atoms with Crippen molar-refractivity contribution in [3.05, 3.63) is 18.2 Å². The molecule has 0 aliphatic heterocycles. The van der Waals surface area contributed by atoms with E-state index >= 15 is 0 Å². The van der Waals surface area contributed by atoms with Crippen LogP contribution in [0.3, 0.4) is 0 Å². The van der Waals surface area contributed by atoms with Crippen LogP contribution in [-0.2, 0) is 4.74 Å². The fourth-order valence-electron chi connectivity index (χ4n) is 1.60. The largest absolute Gasteiger partial charge is 0.491 e. The number of ether oxygens (including phenoxy) is 2. The van der Waals surface area contributed by atoms with E-state index in [4.69, 9.17) is 20.3 Å². The second kappa shape index (κ2) is 9.47. The molecular formula is C14H24N2O3. The number of aliphatic hydroxyl groups is 1. The summed E-state index contributed by atoms with van der Waals surface area (Å²) in [5.41, 5.74) is 7.57. The van der Waals surface area contributed by atoms with Gasteiger partial charge in [-0.15, -0.1) is 0 Å². The van der Waals surface area contributed by atoms with E-state index in [2.05, 4.69) is 12.2 Å². The van der Waals surface area contributed by atoms with Crippen LogP contribution in [0, 0.1) is 0 Å². The molecule has 0 atom stereocenters. The molecule has 108 valence electrons. The van der Waals surface area contributed by atoms with Gasteiger partial charge >= 0.3 is 0 Å². The molecule has 0 bridgehead atoms. The van der Waals surface area contributed by atoms with Gasteiger partial charge in [0.05, 0.1) is 31.2 Å². The number of benzene rings is 1. The van der Waals surface area contributed by atoms with Crippen LogP contribution in [0.1, 0.15) is 19.8 Å². The molecule has 19 heavy (non-hydrogen) atoms. The fourth-order valence-corrected chi connectivity index (χ4v) is 1.60. The van der Waals surface area contributed by atoms with Crippen LogP contribution >= 0.6 is 0 Å². The third-order valence-electron chi connectivity index (χ3n) is 2.54. The maximum Gasteiger partial charge on any atom is 0.144 e. The molecule has 0 spiro atoms. The van der Waals surface area contributed by atoms with Crippen LogP contribution in [0.2, 0.25) is 0 Å². The number of aliphatic hydroxyl groups excluding tert-OH is 1. The SMILES string of the molecule is CCCOc1cccc(NCCCOCCO)c1N. The minimum Gasteiger partial charge on any atom is -0.491 e. The third-order valence-corrected chi connectivity index (χ3v) is 2.54. The second-order valence-electron chi connectivity index (χ2n) is 4.18. The second-order valence-corrected chi connectivity index (χ2v) is 4.18. The summed E-state index contributed by atoms with van der Waals surface area (Å²) in [6.07, 6.45) is 1.82. The molecule has 0 aromatic heterocycles. The molecule has 1 aromatic rings. The zero-order valence-electron chi connectivity index (χ0n) is 11.5. The first-order chi connectivity index (χ1) is 9.29. The van der Waals surface area contributed by atoms with Crippen molar-refractivity contribution in [2.75, 3.05) is 44.0 Å². The zero-order chi connectivity index (χ0) is 13.9. The highest BCUT2D eigenvalue weighted by Crippen LogP contribution is 2.29. The van der Waals surface area contributed by atoms with Gasteiger partial charge < -0.3 is 25.6 Å². The monoisotopic (exact) mass is 268 g/mol. The quantitative estimate of drug-likeness (QED) is 0.446. The molecule has 5 nitrogen and oxygen atoms in total. The lowest BCUT2D eigenvalue weighted by atomic mass is 10.2. The Hall–Kier alpha value is -1.46. The van der Waals surface area contributed by atoms with Crippen molar-refractivity contribution < 1.29 is 14.6 Å². The number of hydrogen-bond acceptors (Lipinski definition) is 5. The highest BCUT2D eigenvalue weighted by molar-refractivity contribution is 5.72. The van der Waals surface area contributed by atoms with Crippen molar-refractivity contribution in [1.29, 1.82) is 0 Å². The maximum atomic E-state index is 8.57. The average molecular weight is 268 g/mol. The summed E-state index contributed by atoms with van der Waals surface area (Å²) < 4.78 is 10.8. The van der Waals surface area contributed by atoms with Crippen LogP contribution in [0.4, 0.5) is 11.4 Å². The minimum atomic E-state index is 0.0667. The van der Waals surface area contributed by atoms with Crippen LogP contribution in [0.15, 0.2) is 18.2 Å². The molecule has 0 amide bonds. The van der Waals surface area contributed by atoms with Gasteiger partial charge in [-0.05, 0) is 25.0 Å². The smallest absolute Gasteiger partial charge is 0.144 e. The molecule has 0 unspecified atom stereocenters. The van der Waals surface area contributed by atoms with Crippen molar-refractivity contribution in [3.8, 4) is 5.75 Å². The Bertz CT molecular complexity index is 359. The first-order valence-electron chi connectivity index (χ1n) is 6.73. The van der Waals surface area contributed by atoms with Crippen LogP contribution in [0.5, 0.6) is 5.75 Å². The fraction of sp³-hybridized carbons (Fsp3) is 0.571. The number of nitrogens with two attached hydrogens (primary N) is 1. The summed E-state index contributed by atoms with van der Waals surface area (Å²) in [5, 5.41) is 11.8. The normalized spacial score (nSPS) is 10.4. The van der Waals surface area contributed by atoms with Crippen molar-refractivity contribution in [2.45, 2.75) is 19.8 Å². The molecule has 4 N–H and O–H groups in total. The van der Waals surface area contributed by atoms with Crippen molar-refractivity contribution in [3.63, 3.8) is 0 Å². The average Bonchev–Trinajstić information content (AvgIpc) is 2.43. The molecule has 0 saturated carbocycles. The number of nitrogen functional groups attached to an aromatic ring is 1. The first-order valence-corrected chi connectivity index (χ1v) is 6.73. The Morgan fingerprint density at radius 1 is 1.26 bits per heavy atom. The van der Waals surface area contributed by atoms with Gasteiger partial charge in [0.2, 0.25) is 0 Å². The zero-order valence-corrected chi connectivity index (χ0v) is 11.5. The topological polar surface area (TPSA) is 76.7 Å². The summed E-state index contributed by atoms with van der Waals surface area (Å²) in [6.45, 7) is 4.58. The Morgan fingerprint density at radius 3 is 2.84 bits per heavy atom. The standard InChI is InChI=1S/C14H24N2O3/c1-2-9-19-13-6-3-5-12(14(13)15)16-7-4-10-18-11-8-17/h3,5-6,16-17H,2,4,7-11,15H2,1H3. The van der Waals surface area contributed by atoms with Crippen molar-refractivity contribution in [2.24, 2.45) is 0 Å². The summed E-state index contributed by atoms with van der Waals surface area (Å²) in [5.74, 6) is 0.725. The predicted molar refractivity (Wildman–Crippen MR) is 77.7 cm³/mol. The maximum absolute atomic E-state index is 8.57. The Morgan fingerprint density at radius 2 is 2.11 bits per heavy atom. The van der Waals surface area contributed by atoms with Gasteiger partial charge in [-0.2, -0.15) is 0 Å². The van der Waals surface area contributed by atoms with Crippen molar-refractivity contribution >= 4 is 11.4 Å². The predicted octanol–water partition coefficient (Wildman–Crippen LogP) is 1.87. The van der Waals surface area contributed by atoms with E-state index in [9.17, 15) is 0 Å². The van der Waals surface area contributed by atoms with Gasteiger partial charge in [0, 0.05) is 13.2 Å². The van der Waals surface area contributed by atoms with E-state index in [1.54, 1.807) is 0 Å². The molecule has 1 aromatic carbocycles. The van der Waals surface area contributed by atoms with E-state index in [0.717, 1.165) is 30.8 Å². The van der Waals surface area contributed by atoms with E-state index in [1.807, 2.05) is 18.2 Å². The molecule has 0 saturated heterocycles. The van der Waals surface area contributed by atoms with E-state index in [1.165, 1.54) is 0 Å². The molecule has 0 aliphatic rings. The number of rotatable bonds is 10. The molecule has 0 aliphatic carbocycles. The number of anilines is 2. The summed E-state index contributed by atoms with van der Waals surface area (Å²) in [7, 11) is 0. The van der Waals surface area contributed by atoms with E-state index < -0.39 is 0 Å². The lowest BCUT2D eigenvalue weighted by Gasteiger charge is -2.13. The van der Waals surface area contributed by atoms with Gasteiger partial charge in [0.25, 0.3) is 0 Å². The minimum absolute atomic E-state index is 0.0667. The van der Waals surface area contributed by atoms with Crippen molar-refractivity contribution in [1.82, 2.24) is 0 Å². The molecular weight excluding hydrogens is 244 g/mol. The molecule has 0 fully saturated rings. The lowest BCUT2D eigenvalue weighted by Crippen LogP contribution is -2.09. The summed E-state index contributed by atoms with van der Waals surface area (Å²) >= 11 is 0. The Labute approximate surface area is 114 Å². The summed E-state index contributed by atoms with van der Waals surface area (Å²) in [4.78, 5) is 0. The first kappa shape index (κ1) is 15.6. The number of hydrogen-bond donors (Lipinski definition) is 3. The van der Waals surface area contributed by atoms with Crippen LogP contribution in [0.25, 0.3) is 0 Å². The molecule has 5 heteroatoms. The highest BCUT2D eigenvalue weighted by atomic mass is 16.5. The highest BCUT2D eigenvalue weighted by Gasteiger charge is 2.05. The third kappa shape index (κ3) is 5.81. The van der Waals surface area contributed by atoms with E-state index in [0.29, 0.717) is 25.5 Å². The lowest BCUT2D eigenvalue weighted by molar-refractivity contribution is 0.0922. The van der Waals surface area contributed by atoms with Gasteiger partial charge in [0.1, 0.15) is 5.75 Å². The molecule has 1 rings (SSSR count). The summed E-state index contributed by atoms with van der Waals surface area (Å²) in [6, 6.07) is 5.73. The molecule has 0 heterocycles. The van der Waals surface area contributed by atoms with Gasteiger partial charge in [-0.25, -0.2) is 0 Å². The van der Waals surface area contributed by atoms with E-state index in [-0.39, 0.29) is 6.61 Å². The van der Waals surface area contributed by atoms with Gasteiger partial charge in [-0.3, -0.25) is 0 Å². The van der Waals surface area contributed by atoms with Gasteiger partial charge in [0.15, 0.2) is 0 Å².